The fourth-order valence-electron chi connectivity index (χ4n) is 4.52. The van der Waals surface area contributed by atoms with Crippen molar-refractivity contribution < 1.29 is 32.7 Å². The zero-order valence-electron chi connectivity index (χ0n) is 13.7. The Bertz CT molecular complexity index is 580. The average Bonchev–Trinajstić information content (AvgIpc) is 3.06. The van der Waals surface area contributed by atoms with Crippen LogP contribution in [0.25, 0.3) is 0 Å². The standard InChI is InChI=1S/C16H21F3N2O4/c17-16(18,19)8-20-7-10(6-13(20)22)14(23)21-11-4-2-1-3-9(11)5-12(21)15(24)25/h9-12H,1-8H2,(H,24,25)/t9-,10+,11-,12-/m0/s1. The van der Waals surface area contributed by atoms with Crippen LogP contribution < -0.4 is 0 Å². The van der Waals surface area contributed by atoms with Gasteiger partial charge in [-0.15, -0.1) is 0 Å². The van der Waals surface area contributed by atoms with Gasteiger partial charge in [-0.05, 0) is 25.2 Å². The SMILES string of the molecule is O=C(O)[C@@H]1C[C@@H]2CCCC[C@@H]2N1C(=O)[C@@H]1CC(=O)N(CC(F)(F)F)C1. The molecule has 2 saturated heterocycles. The molecule has 3 rings (SSSR count). The molecule has 3 fully saturated rings. The number of carboxylic acids is 1. The molecule has 0 aromatic rings. The Balaban J connectivity index is 1.74. The van der Waals surface area contributed by atoms with Crippen LogP contribution in [0.15, 0.2) is 0 Å². The number of carbonyl (C=O) groups excluding carboxylic acids is 2. The Hall–Kier alpha value is -1.80. The maximum Gasteiger partial charge on any atom is 0.406 e. The summed E-state index contributed by atoms with van der Waals surface area (Å²) < 4.78 is 37.6. The number of carboxylic acid groups (broad SMARTS) is 1. The number of aliphatic carboxylic acids is 1. The summed E-state index contributed by atoms with van der Waals surface area (Å²) in [6.45, 7) is -1.67. The second-order valence-electron chi connectivity index (χ2n) is 7.24. The van der Waals surface area contributed by atoms with Crippen molar-refractivity contribution >= 4 is 17.8 Å². The molecule has 0 unspecified atom stereocenters. The smallest absolute Gasteiger partial charge is 0.406 e. The Morgan fingerprint density at radius 2 is 1.88 bits per heavy atom. The summed E-state index contributed by atoms with van der Waals surface area (Å²) in [6.07, 6.45) is -0.930. The fourth-order valence-corrected chi connectivity index (χ4v) is 4.52. The summed E-state index contributed by atoms with van der Waals surface area (Å²) in [5, 5.41) is 9.46. The lowest BCUT2D eigenvalue weighted by Gasteiger charge is -2.34. The zero-order valence-corrected chi connectivity index (χ0v) is 13.7. The van der Waals surface area contributed by atoms with E-state index in [-0.39, 0.29) is 24.9 Å². The van der Waals surface area contributed by atoms with Gasteiger partial charge in [0.1, 0.15) is 12.6 Å². The number of hydrogen-bond acceptors (Lipinski definition) is 3. The third-order valence-electron chi connectivity index (χ3n) is 5.56. The molecule has 1 aliphatic carbocycles. The van der Waals surface area contributed by atoms with Gasteiger partial charge in [-0.2, -0.15) is 13.2 Å². The van der Waals surface area contributed by atoms with E-state index in [4.69, 9.17) is 0 Å². The summed E-state index contributed by atoms with van der Waals surface area (Å²) in [5.74, 6) is -3.04. The summed E-state index contributed by atoms with van der Waals surface area (Å²) >= 11 is 0. The molecule has 0 spiro atoms. The maximum atomic E-state index is 12.9. The Morgan fingerprint density at radius 1 is 1.20 bits per heavy atom. The molecule has 4 atom stereocenters. The molecule has 25 heavy (non-hydrogen) atoms. The number of likely N-dealkylation sites (tertiary alicyclic amines) is 2. The van der Waals surface area contributed by atoms with E-state index in [1.54, 1.807) is 0 Å². The van der Waals surface area contributed by atoms with E-state index in [0.717, 1.165) is 19.3 Å². The highest BCUT2D eigenvalue weighted by molar-refractivity contribution is 5.92. The predicted octanol–water partition coefficient (Wildman–Crippen LogP) is 1.64. The zero-order chi connectivity index (χ0) is 18.4. The normalized spacial score (nSPS) is 32.8. The topological polar surface area (TPSA) is 77.9 Å². The number of nitrogens with zero attached hydrogens (tertiary/aromatic N) is 2. The summed E-state index contributed by atoms with van der Waals surface area (Å²) in [6, 6.07) is -1.11. The molecule has 3 aliphatic rings. The van der Waals surface area contributed by atoms with Crippen LogP contribution in [0.4, 0.5) is 13.2 Å². The van der Waals surface area contributed by atoms with Gasteiger partial charge < -0.3 is 14.9 Å². The monoisotopic (exact) mass is 362 g/mol. The molecule has 0 aromatic heterocycles. The van der Waals surface area contributed by atoms with E-state index in [2.05, 4.69) is 0 Å². The number of alkyl halides is 3. The number of halogens is 3. The average molecular weight is 362 g/mol. The van der Waals surface area contributed by atoms with Crippen LogP contribution >= 0.6 is 0 Å². The summed E-state index contributed by atoms with van der Waals surface area (Å²) in [4.78, 5) is 38.3. The van der Waals surface area contributed by atoms with Crippen molar-refractivity contribution in [2.75, 3.05) is 13.1 Å². The van der Waals surface area contributed by atoms with Crippen LogP contribution in [0, 0.1) is 11.8 Å². The van der Waals surface area contributed by atoms with Gasteiger partial charge in [0.15, 0.2) is 0 Å². The van der Waals surface area contributed by atoms with Crippen LogP contribution in [0.3, 0.4) is 0 Å². The Labute approximate surface area is 142 Å². The second kappa shape index (κ2) is 6.49. The van der Waals surface area contributed by atoms with Crippen LogP contribution in [-0.2, 0) is 14.4 Å². The lowest BCUT2D eigenvalue weighted by atomic mass is 9.84. The molecular formula is C16H21F3N2O4. The molecule has 140 valence electrons. The Kier molecular flexibility index (Phi) is 4.68. The molecule has 2 amide bonds. The molecule has 2 heterocycles. The lowest BCUT2D eigenvalue weighted by Crippen LogP contribution is -2.49. The van der Waals surface area contributed by atoms with Gasteiger partial charge in [-0.1, -0.05) is 12.8 Å². The fraction of sp³-hybridized carbons (Fsp3) is 0.812. The van der Waals surface area contributed by atoms with E-state index in [1.165, 1.54) is 4.90 Å². The van der Waals surface area contributed by atoms with Crippen LogP contribution in [0.2, 0.25) is 0 Å². The minimum absolute atomic E-state index is 0.127. The molecule has 6 nitrogen and oxygen atoms in total. The highest BCUT2D eigenvalue weighted by Gasteiger charge is 2.50. The quantitative estimate of drug-likeness (QED) is 0.828. The van der Waals surface area contributed by atoms with E-state index in [1.807, 2.05) is 0 Å². The first-order valence-corrected chi connectivity index (χ1v) is 8.57. The minimum atomic E-state index is -4.51. The maximum absolute atomic E-state index is 12.9. The third kappa shape index (κ3) is 3.59. The lowest BCUT2D eigenvalue weighted by molar-refractivity contribution is -0.157. The first-order valence-electron chi connectivity index (χ1n) is 8.57. The summed E-state index contributed by atoms with van der Waals surface area (Å²) in [7, 11) is 0. The third-order valence-corrected chi connectivity index (χ3v) is 5.56. The molecule has 9 heteroatoms. The van der Waals surface area contributed by atoms with Gasteiger partial charge in [-0.3, -0.25) is 9.59 Å². The van der Waals surface area contributed by atoms with E-state index in [0.29, 0.717) is 17.7 Å². The highest BCUT2D eigenvalue weighted by atomic mass is 19.4. The number of amides is 2. The van der Waals surface area contributed by atoms with Crippen molar-refractivity contribution in [1.29, 1.82) is 0 Å². The van der Waals surface area contributed by atoms with Gasteiger partial charge in [0.25, 0.3) is 0 Å². The number of fused-ring (bicyclic) bond motifs is 1. The van der Waals surface area contributed by atoms with Crippen molar-refractivity contribution in [2.45, 2.75) is 56.8 Å². The Morgan fingerprint density at radius 3 is 2.52 bits per heavy atom. The van der Waals surface area contributed by atoms with Crippen molar-refractivity contribution in [3.05, 3.63) is 0 Å². The largest absolute Gasteiger partial charge is 0.480 e. The van der Waals surface area contributed by atoms with E-state index < -0.39 is 42.5 Å². The molecule has 0 aromatic carbocycles. The molecule has 1 N–H and O–H groups in total. The number of carbonyl (C=O) groups is 3. The van der Waals surface area contributed by atoms with Crippen LogP contribution in [0.5, 0.6) is 0 Å². The minimum Gasteiger partial charge on any atom is -0.480 e. The molecule has 2 aliphatic heterocycles. The van der Waals surface area contributed by atoms with Crippen molar-refractivity contribution in [1.82, 2.24) is 9.80 Å². The van der Waals surface area contributed by atoms with Gasteiger partial charge in [-0.25, -0.2) is 4.79 Å². The van der Waals surface area contributed by atoms with E-state index >= 15 is 0 Å². The van der Waals surface area contributed by atoms with Gasteiger partial charge in [0, 0.05) is 19.0 Å². The second-order valence-corrected chi connectivity index (χ2v) is 7.24. The highest BCUT2D eigenvalue weighted by Crippen LogP contribution is 2.41. The number of hydrogen-bond donors (Lipinski definition) is 1. The first kappa shape index (κ1) is 18.0. The van der Waals surface area contributed by atoms with Gasteiger partial charge in [0.05, 0.1) is 5.92 Å². The molecule has 0 radical (unpaired) electrons. The number of rotatable bonds is 3. The van der Waals surface area contributed by atoms with E-state index in [9.17, 15) is 32.7 Å². The van der Waals surface area contributed by atoms with Crippen molar-refractivity contribution in [3.63, 3.8) is 0 Å². The van der Waals surface area contributed by atoms with Crippen molar-refractivity contribution in [2.24, 2.45) is 11.8 Å². The molecular weight excluding hydrogens is 341 g/mol. The molecule has 0 bridgehead atoms. The first-order chi connectivity index (χ1) is 11.7. The predicted molar refractivity (Wildman–Crippen MR) is 79.4 cm³/mol. The van der Waals surface area contributed by atoms with Crippen LogP contribution in [0.1, 0.15) is 38.5 Å². The van der Waals surface area contributed by atoms with Gasteiger partial charge in [0.2, 0.25) is 11.8 Å². The van der Waals surface area contributed by atoms with Crippen LogP contribution in [-0.4, -0.2) is 64.0 Å². The molecule has 1 saturated carbocycles. The van der Waals surface area contributed by atoms with Crippen molar-refractivity contribution in [3.8, 4) is 0 Å². The van der Waals surface area contributed by atoms with Gasteiger partial charge >= 0.3 is 12.1 Å². The summed E-state index contributed by atoms with van der Waals surface area (Å²) in [5.41, 5.74) is 0.